The summed E-state index contributed by atoms with van der Waals surface area (Å²) >= 11 is 0. The summed E-state index contributed by atoms with van der Waals surface area (Å²) in [6, 6.07) is 11.8. The SMILES string of the molecule is O=C(NCc1cccnc1-n1cnc2ccccc21)C1CCCCO1. The Morgan fingerprint density at radius 1 is 1.20 bits per heavy atom. The predicted molar refractivity (Wildman–Crippen MR) is 94.3 cm³/mol. The van der Waals surface area contributed by atoms with E-state index in [2.05, 4.69) is 15.3 Å². The van der Waals surface area contributed by atoms with E-state index in [9.17, 15) is 4.79 Å². The van der Waals surface area contributed by atoms with E-state index in [0.717, 1.165) is 41.7 Å². The molecule has 0 radical (unpaired) electrons. The highest BCUT2D eigenvalue weighted by Gasteiger charge is 2.22. The molecular formula is C19H20N4O2. The second-order valence-electron chi connectivity index (χ2n) is 6.16. The number of imidazole rings is 1. The van der Waals surface area contributed by atoms with Gasteiger partial charge in [0.1, 0.15) is 18.2 Å². The number of para-hydroxylation sites is 2. The number of rotatable bonds is 4. The fraction of sp³-hybridized carbons (Fsp3) is 0.316. The first-order chi connectivity index (χ1) is 12.3. The molecule has 1 saturated heterocycles. The summed E-state index contributed by atoms with van der Waals surface area (Å²) in [7, 11) is 0. The minimum absolute atomic E-state index is 0.0509. The molecule has 6 nitrogen and oxygen atoms in total. The molecular weight excluding hydrogens is 316 g/mol. The molecule has 0 saturated carbocycles. The standard InChI is InChI=1S/C19H20N4O2/c24-19(17-9-3-4-11-25-17)21-12-14-6-5-10-20-18(14)23-13-22-15-7-1-2-8-16(15)23/h1-2,5-8,10,13,17H,3-4,9,11-12H2,(H,21,24). The van der Waals surface area contributed by atoms with Gasteiger partial charge in [-0.15, -0.1) is 0 Å². The monoisotopic (exact) mass is 336 g/mol. The average Bonchev–Trinajstić information content (AvgIpc) is 3.11. The zero-order valence-electron chi connectivity index (χ0n) is 13.9. The van der Waals surface area contributed by atoms with Crippen molar-refractivity contribution in [2.24, 2.45) is 0 Å². The Kier molecular flexibility index (Phi) is 4.43. The van der Waals surface area contributed by atoms with Crippen molar-refractivity contribution in [1.29, 1.82) is 0 Å². The van der Waals surface area contributed by atoms with Crippen molar-refractivity contribution >= 4 is 16.9 Å². The van der Waals surface area contributed by atoms with Crippen molar-refractivity contribution in [3.63, 3.8) is 0 Å². The quantitative estimate of drug-likeness (QED) is 0.795. The van der Waals surface area contributed by atoms with Crippen molar-refractivity contribution in [1.82, 2.24) is 19.9 Å². The maximum Gasteiger partial charge on any atom is 0.249 e. The van der Waals surface area contributed by atoms with Crippen LogP contribution in [-0.2, 0) is 16.1 Å². The van der Waals surface area contributed by atoms with Crippen LogP contribution >= 0.6 is 0 Å². The van der Waals surface area contributed by atoms with Crippen LogP contribution in [0.5, 0.6) is 0 Å². The van der Waals surface area contributed by atoms with Gasteiger partial charge in [-0.1, -0.05) is 18.2 Å². The molecule has 1 atom stereocenters. The molecule has 1 aliphatic rings. The molecule has 4 rings (SSSR count). The molecule has 1 unspecified atom stereocenters. The summed E-state index contributed by atoms with van der Waals surface area (Å²) in [5.74, 6) is 0.728. The van der Waals surface area contributed by atoms with Crippen LogP contribution in [0.1, 0.15) is 24.8 Å². The van der Waals surface area contributed by atoms with Gasteiger partial charge in [-0.25, -0.2) is 9.97 Å². The lowest BCUT2D eigenvalue weighted by atomic mass is 10.1. The molecule has 3 aromatic rings. The summed E-state index contributed by atoms with van der Waals surface area (Å²) in [4.78, 5) is 21.2. The van der Waals surface area contributed by atoms with Crippen molar-refractivity contribution in [3.05, 3.63) is 54.5 Å². The molecule has 0 bridgehead atoms. The van der Waals surface area contributed by atoms with Crippen LogP contribution < -0.4 is 5.32 Å². The van der Waals surface area contributed by atoms with Crippen molar-refractivity contribution in [2.75, 3.05) is 6.61 Å². The van der Waals surface area contributed by atoms with Gasteiger partial charge in [0.05, 0.1) is 11.0 Å². The molecule has 1 aromatic carbocycles. The zero-order valence-corrected chi connectivity index (χ0v) is 13.9. The first kappa shape index (κ1) is 15.8. The number of nitrogens with one attached hydrogen (secondary N) is 1. The third kappa shape index (κ3) is 3.25. The molecule has 2 aromatic heterocycles. The molecule has 1 N–H and O–H groups in total. The number of benzene rings is 1. The van der Waals surface area contributed by atoms with Crippen LogP contribution in [0, 0.1) is 0 Å². The van der Waals surface area contributed by atoms with Gasteiger partial charge in [0.2, 0.25) is 5.91 Å². The number of amides is 1. The van der Waals surface area contributed by atoms with Crippen LogP contribution in [0.15, 0.2) is 48.9 Å². The third-order valence-corrected chi connectivity index (χ3v) is 4.47. The molecule has 25 heavy (non-hydrogen) atoms. The molecule has 128 valence electrons. The summed E-state index contributed by atoms with van der Waals surface area (Å²) < 4.78 is 7.50. The van der Waals surface area contributed by atoms with Crippen LogP contribution in [0.25, 0.3) is 16.9 Å². The van der Waals surface area contributed by atoms with E-state index in [1.807, 2.05) is 41.0 Å². The first-order valence-electron chi connectivity index (χ1n) is 8.58. The van der Waals surface area contributed by atoms with Gasteiger partial charge < -0.3 is 10.1 Å². The Balaban J connectivity index is 1.56. The molecule has 6 heteroatoms. The van der Waals surface area contributed by atoms with E-state index in [1.165, 1.54) is 0 Å². The van der Waals surface area contributed by atoms with E-state index < -0.39 is 0 Å². The average molecular weight is 336 g/mol. The largest absolute Gasteiger partial charge is 0.368 e. The van der Waals surface area contributed by atoms with Gasteiger partial charge in [0, 0.05) is 24.9 Å². The normalized spacial score (nSPS) is 17.5. The van der Waals surface area contributed by atoms with E-state index in [0.29, 0.717) is 13.2 Å². The molecule has 1 fully saturated rings. The van der Waals surface area contributed by atoms with E-state index in [-0.39, 0.29) is 12.0 Å². The second-order valence-corrected chi connectivity index (χ2v) is 6.16. The topological polar surface area (TPSA) is 69.0 Å². The van der Waals surface area contributed by atoms with Gasteiger partial charge in [-0.05, 0) is 37.5 Å². The third-order valence-electron chi connectivity index (χ3n) is 4.47. The minimum atomic E-state index is -0.331. The van der Waals surface area contributed by atoms with Gasteiger partial charge in [0.25, 0.3) is 0 Å². The first-order valence-corrected chi connectivity index (χ1v) is 8.58. The number of carbonyl (C=O) groups excluding carboxylic acids is 1. The van der Waals surface area contributed by atoms with E-state index in [4.69, 9.17) is 4.74 Å². The van der Waals surface area contributed by atoms with Crippen molar-refractivity contribution in [2.45, 2.75) is 31.9 Å². The van der Waals surface area contributed by atoms with E-state index >= 15 is 0 Å². The summed E-state index contributed by atoms with van der Waals surface area (Å²) in [6.45, 7) is 1.08. The number of hydrogen-bond donors (Lipinski definition) is 1. The van der Waals surface area contributed by atoms with Gasteiger partial charge in [-0.3, -0.25) is 9.36 Å². The maximum absolute atomic E-state index is 12.3. The number of ether oxygens (including phenoxy) is 1. The number of carbonyl (C=O) groups is 1. The molecule has 1 amide bonds. The summed E-state index contributed by atoms with van der Waals surface area (Å²) in [6.07, 6.45) is 6.05. The Morgan fingerprint density at radius 3 is 3.00 bits per heavy atom. The minimum Gasteiger partial charge on any atom is -0.368 e. The highest BCUT2D eigenvalue weighted by atomic mass is 16.5. The Bertz CT molecular complexity index is 884. The Labute approximate surface area is 145 Å². The molecule has 0 aliphatic carbocycles. The smallest absolute Gasteiger partial charge is 0.249 e. The zero-order chi connectivity index (χ0) is 17.1. The van der Waals surface area contributed by atoms with Crippen molar-refractivity contribution in [3.8, 4) is 5.82 Å². The van der Waals surface area contributed by atoms with Crippen molar-refractivity contribution < 1.29 is 9.53 Å². The number of hydrogen-bond acceptors (Lipinski definition) is 4. The lowest BCUT2D eigenvalue weighted by Crippen LogP contribution is -2.38. The van der Waals surface area contributed by atoms with Crippen LogP contribution in [0.4, 0.5) is 0 Å². The summed E-state index contributed by atoms with van der Waals surface area (Å²) in [5.41, 5.74) is 2.85. The molecule has 3 heterocycles. The highest BCUT2D eigenvalue weighted by molar-refractivity contribution is 5.81. The fourth-order valence-electron chi connectivity index (χ4n) is 3.16. The number of nitrogens with zero attached hydrogens (tertiary/aromatic N) is 3. The maximum atomic E-state index is 12.3. The van der Waals surface area contributed by atoms with E-state index in [1.54, 1.807) is 12.5 Å². The number of fused-ring (bicyclic) bond motifs is 1. The van der Waals surface area contributed by atoms with Gasteiger partial charge >= 0.3 is 0 Å². The second kappa shape index (κ2) is 7.03. The lowest BCUT2D eigenvalue weighted by Gasteiger charge is -2.22. The fourth-order valence-corrected chi connectivity index (χ4v) is 3.16. The highest BCUT2D eigenvalue weighted by Crippen LogP contribution is 2.19. The van der Waals surface area contributed by atoms with Crippen LogP contribution in [0.2, 0.25) is 0 Å². The lowest BCUT2D eigenvalue weighted by molar-refractivity contribution is -0.135. The number of pyridine rings is 1. The van der Waals surface area contributed by atoms with Gasteiger partial charge in [-0.2, -0.15) is 0 Å². The molecule has 1 aliphatic heterocycles. The van der Waals surface area contributed by atoms with Gasteiger partial charge in [0.15, 0.2) is 0 Å². The number of aromatic nitrogens is 3. The van der Waals surface area contributed by atoms with Crippen LogP contribution in [-0.4, -0.2) is 33.2 Å². The Morgan fingerprint density at radius 2 is 2.12 bits per heavy atom. The van der Waals surface area contributed by atoms with Crippen LogP contribution in [0.3, 0.4) is 0 Å². The Hall–Kier alpha value is -2.73. The predicted octanol–water partition coefficient (Wildman–Crippen LogP) is 2.61. The summed E-state index contributed by atoms with van der Waals surface area (Å²) in [5, 5.41) is 2.98. The molecule has 0 spiro atoms.